The maximum atomic E-state index is 13.5. The molecule has 1 aromatic carbocycles. The third kappa shape index (κ3) is 6.68. The van der Waals surface area contributed by atoms with Crippen LogP contribution in [0.5, 0.6) is 5.75 Å². The summed E-state index contributed by atoms with van der Waals surface area (Å²) in [7, 11) is 1.60. The van der Waals surface area contributed by atoms with Crippen molar-refractivity contribution in [3.8, 4) is 5.75 Å². The molecule has 0 aliphatic rings. The highest BCUT2D eigenvalue weighted by molar-refractivity contribution is 5.89. The number of hydrogen-bond donors (Lipinski definition) is 4. The molecule has 2 heterocycles. The van der Waals surface area contributed by atoms with E-state index in [1.54, 1.807) is 23.9 Å². The summed E-state index contributed by atoms with van der Waals surface area (Å²) < 4.78 is 7.23. The predicted octanol–water partition coefficient (Wildman–Crippen LogP) is 1.82. The highest BCUT2D eigenvalue weighted by Crippen LogP contribution is 2.23. The number of aliphatic hydroxyl groups excluding tert-OH is 2. The van der Waals surface area contributed by atoms with E-state index in [0.29, 0.717) is 48.6 Å². The van der Waals surface area contributed by atoms with Crippen LogP contribution in [-0.4, -0.2) is 69.1 Å². The third-order valence-electron chi connectivity index (χ3n) is 5.88. The standard InChI is InChI=1S/C25H36N6O4/c1-4-5-17(2)27-23-22-20(28-25(26)29-23)8-9-31(24(22)34)16-19-7-6-18(14-21(19)35-3)15-30(10-12-32)11-13-33/h6-9,14,17,32-33H,4-5,10-13,15-16H2,1-3H3,(H3,26,27,28,29)/t17-/m1/s1. The molecule has 2 aromatic heterocycles. The van der Waals surface area contributed by atoms with Gasteiger partial charge in [-0.25, -0.2) is 4.98 Å². The van der Waals surface area contributed by atoms with Gasteiger partial charge in [-0.2, -0.15) is 4.98 Å². The van der Waals surface area contributed by atoms with Gasteiger partial charge in [-0.05, 0) is 31.0 Å². The summed E-state index contributed by atoms with van der Waals surface area (Å²) in [5.74, 6) is 1.23. The zero-order chi connectivity index (χ0) is 25.4. The summed E-state index contributed by atoms with van der Waals surface area (Å²) in [5, 5.41) is 22.2. The Morgan fingerprint density at radius 2 is 1.94 bits per heavy atom. The number of nitrogens with zero attached hydrogens (tertiary/aromatic N) is 4. The molecule has 0 unspecified atom stereocenters. The molecule has 0 spiro atoms. The van der Waals surface area contributed by atoms with E-state index in [2.05, 4.69) is 22.2 Å². The smallest absolute Gasteiger partial charge is 0.264 e. The Kier molecular flexibility index (Phi) is 9.41. The number of nitrogen functional groups attached to an aromatic ring is 1. The van der Waals surface area contributed by atoms with Crippen LogP contribution in [0.15, 0.2) is 35.3 Å². The first-order valence-electron chi connectivity index (χ1n) is 11.9. The molecule has 1 atom stereocenters. The fraction of sp³-hybridized carbons (Fsp3) is 0.480. The quantitative estimate of drug-likeness (QED) is 0.286. The first kappa shape index (κ1) is 26.4. The lowest BCUT2D eigenvalue weighted by molar-refractivity contribution is 0.156. The van der Waals surface area contributed by atoms with Crippen molar-refractivity contribution in [1.29, 1.82) is 0 Å². The van der Waals surface area contributed by atoms with Gasteiger partial charge in [0.2, 0.25) is 5.95 Å². The van der Waals surface area contributed by atoms with Gasteiger partial charge in [0.15, 0.2) is 0 Å². The van der Waals surface area contributed by atoms with E-state index in [9.17, 15) is 15.0 Å². The van der Waals surface area contributed by atoms with Gasteiger partial charge in [-0.15, -0.1) is 0 Å². The molecule has 0 aliphatic heterocycles. The molecular formula is C25H36N6O4. The summed E-state index contributed by atoms with van der Waals surface area (Å²) >= 11 is 0. The van der Waals surface area contributed by atoms with Gasteiger partial charge in [0.25, 0.3) is 5.56 Å². The molecule has 35 heavy (non-hydrogen) atoms. The minimum atomic E-state index is -0.211. The molecule has 0 saturated heterocycles. The predicted molar refractivity (Wildman–Crippen MR) is 138 cm³/mol. The topological polar surface area (TPSA) is 139 Å². The second-order valence-corrected chi connectivity index (χ2v) is 8.64. The molecule has 3 aromatic rings. The van der Waals surface area contributed by atoms with E-state index in [1.165, 1.54) is 0 Å². The van der Waals surface area contributed by atoms with Crippen molar-refractivity contribution in [2.45, 2.75) is 45.8 Å². The van der Waals surface area contributed by atoms with Crippen molar-refractivity contribution in [3.05, 3.63) is 51.9 Å². The van der Waals surface area contributed by atoms with Crippen LogP contribution in [0.2, 0.25) is 0 Å². The molecule has 0 bridgehead atoms. The second kappa shape index (κ2) is 12.5. The first-order chi connectivity index (χ1) is 16.9. The van der Waals surface area contributed by atoms with Crippen molar-refractivity contribution in [2.75, 3.05) is 44.5 Å². The lowest BCUT2D eigenvalue weighted by atomic mass is 10.1. The summed E-state index contributed by atoms with van der Waals surface area (Å²) in [6, 6.07) is 7.73. The Morgan fingerprint density at radius 1 is 1.20 bits per heavy atom. The van der Waals surface area contributed by atoms with Crippen LogP contribution in [0.1, 0.15) is 37.8 Å². The molecule has 0 saturated carbocycles. The summed E-state index contributed by atoms with van der Waals surface area (Å²) in [6.07, 6.45) is 3.64. The molecule has 0 aliphatic carbocycles. The number of nitrogens with two attached hydrogens (primary N) is 1. The van der Waals surface area contributed by atoms with Crippen LogP contribution in [0, 0.1) is 0 Å². The maximum absolute atomic E-state index is 13.5. The van der Waals surface area contributed by atoms with Gasteiger partial charge in [0.05, 0.1) is 32.4 Å². The van der Waals surface area contributed by atoms with Crippen LogP contribution in [0.4, 0.5) is 11.8 Å². The zero-order valence-corrected chi connectivity index (χ0v) is 20.7. The number of methoxy groups -OCH3 is 1. The van der Waals surface area contributed by atoms with E-state index in [-0.39, 0.29) is 30.8 Å². The van der Waals surface area contributed by atoms with E-state index in [1.807, 2.05) is 30.0 Å². The number of aromatic nitrogens is 3. The van der Waals surface area contributed by atoms with Crippen molar-refractivity contribution >= 4 is 22.7 Å². The van der Waals surface area contributed by atoms with Crippen LogP contribution >= 0.6 is 0 Å². The molecule has 3 rings (SSSR count). The normalized spacial score (nSPS) is 12.3. The van der Waals surface area contributed by atoms with Crippen LogP contribution in [0.25, 0.3) is 10.9 Å². The van der Waals surface area contributed by atoms with E-state index in [4.69, 9.17) is 10.5 Å². The van der Waals surface area contributed by atoms with E-state index >= 15 is 0 Å². The fourth-order valence-corrected chi connectivity index (χ4v) is 4.18. The first-order valence-corrected chi connectivity index (χ1v) is 11.9. The summed E-state index contributed by atoms with van der Waals surface area (Å²) in [5.41, 5.74) is 8.01. The van der Waals surface area contributed by atoms with E-state index in [0.717, 1.165) is 24.0 Å². The highest BCUT2D eigenvalue weighted by atomic mass is 16.5. The number of anilines is 2. The van der Waals surface area contributed by atoms with Gasteiger partial charge < -0.3 is 30.6 Å². The zero-order valence-electron chi connectivity index (χ0n) is 20.7. The number of rotatable bonds is 13. The third-order valence-corrected chi connectivity index (χ3v) is 5.88. The second-order valence-electron chi connectivity index (χ2n) is 8.64. The average Bonchev–Trinajstić information content (AvgIpc) is 2.81. The molecule has 0 radical (unpaired) electrons. The van der Waals surface area contributed by atoms with E-state index < -0.39 is 0 Å². The number of aliphatic hydroxyl groups is 2. The van der Waals surface area contributed by atoms with Crippen molar-refractivity contribution in [3.63, 3.8) is 0 Å². The molecule has 0 fully saturated rings. The van der Waals surface area contributed by atoms with Crippen LogP contribution < -0.4 is 21.3 Å². The van der Waals surface area contributed by atoms with Gasteiger partial charge in [0, 0.05) is 37.4 Å². The van der Waals surface area contributed by atoms with Gasteiger partial charge in [-0.3, -0.25) is 9.69 Å². The molecule has 10 nitrogen and oxygen atoms in total. The number of ether oxygens (including phenoxy) is 1. The highest BCUT2D eigenvalue weighted by Gasteiger charge is 2.16. The maximum Gasteiger partial charge on any atom is 0.264 e. The molecule has 5 N–H and O–H groups in total. The number of fused-ring (bicyclic) bond motifs is 1. The number of benzene rings is 1. The Bertz CT molecular complexity index is 1180. The minimum Gasteiger partial charge on any atom is -0.496 e. The molecular weight excluding hydrogens is 448 g/mol. The summed E-state index contributed by atoms with van der Waals surface area (Å²) in [6.45, 7) is 6.00. The monoisotopic (exact) mass is 484 g/mol. The lowest BCUT2D eigenvalue weighted by Crippen LogP contribution is -2.29. The molecule has 190 valence electrons. The Morgan fingerprint density at radius 3 is 2.60 bits per heavy atom. The molecule has 0 amide bonds. The Balaban J connectivity index is 1.93. The van der Waals surface area contributed by atoms with Crippen molar-refractivity contribution < 1.29 is 14.9 Å². The van der Waals surface area contributed by atoms with Crippen LogP contribution in [-0.2, 0) is 13.1 Å². The van der Waals surface area contributed by atoms with Gasteiger partial charge in [0.1, 0.15) is 17.0 Å². The fourth-order valence-electron chi connectivity index (χ4n) is 4.18. The SMILES string of the molecule is CCC[C@@H](C)Nc1nc(N)nc2ccn(Cc3ccc(CN(CCO)CCO)cc3OC)c(=O)c12. The number of nitrogens with one attached hydrogen (secondary N) is 1. The van der Waals surface area contributed by atoms with Crippen molar-refractivity contribution in [2.24, 2.45) is 0 Å². The molecule has 10 heteroatoms. The lowest BCUT2D eigenvalue weighted by Gasteiger charge is -2.21. The minimum absolute atomic E-state index is 0.0174. The van der Waals surface area contributed by atoms with Gasteiger partial charge >= 0.3 is 0 Å². The van der Waals surface area contributed by atoms with Gasteiger partial charge in [-0.1, -0.05) is 25.5 Å². The van der Waals surface area contributed by atoms with Crippen molar-refractivity contribution in [1.82, 2.24) is 19.4 Å². The van der Waals surface area contributed by atoms with Crippen LogP contribution in [0.3, 0.4) is 0 Å². The number of pyridine rings is 1. The Hall–Kier alpha value is -3.21. The average molecular weight is 485 g/mol. The summed E-state index contributed by atoms with van der Waals surface area (Å²) in [4.78, 5) is 24.0. The largest absolute Gasteiger partial charge is 0.496 e. The Labute approximate surface area is 205 Å². The number of hydrogen-bond acceptors (Lipinski definition) is 9.